The van der Waals surface area contributed by atoms with E-state index in [0.29, 0.717) is 18.7 Å². The molecule has 0 radical (unpaired) electrons. The number of guanidine groups is 1. The Morgan fingerprint density at radius 3 is 2.52 bits per heavy atom. The third-order valence-electron chi connectivity index (χ3n) is 4.06. The summed E-state index contributed by atoms with van der Waals surface area (Å²) in [4.78, 5) is 18.8. The van der Waals surface area contributed by atoms with Gasteiger partial charge >= 0.3 is 0 Å². The van der Waals surface area contributed by atoms with Crippen LogP contribution in [0.3, 0.4) is 0 Å². The Morgan fingerprint density at radius 1 is 1.15 bits per heavy atom. The van der Waals surface area contributed by atoms with Crippen LogP contribution in [0.2, 0.25) is 0 Å². The standard InChI is InChI=1S/C20H29N5O.HI/c1-4-21-20(25(3)16-18-12-8-15-24(18)2)23-14-9-13-22-19(26)17-10-6-5-7-11-17;/h5-8,10-12,15H,4,9,13-14,16H2,1-3H3,(H,21,23)(H,22,26);1H. The van der Waals surface area contributed by atoms with Gasteiger partial charge < -0.3 is 20.1 Å². The Kier molecular flexibility index (Phi) is 10.5. The van der Waals surface area contributed by atoms with Crippen LogP contribution < -0.4 is 10.6 Å². The van der Waals surface area contributed by atoms with Crippen molar-refractivity contribution in [1.82, 2.24) is 20.1 Å². The molecule has 1 heterocycles. The molecule has 0 aliphatic carbocycles. The highest BCUT2D eigenvalue weighted by Crippen LogP contribution is 2.04. The summed E-state index contributed by atoms with van der Waals surface area (Å²) in [6.45, 7) is 4.94. The number of hydrogen-bond donors (Lipinski definition) is 2. The summed E-state index contributed by atoms with van der Waals surface area (Å²) in [6.07, 6.45) is 2.84. The number of nitrogens with zero attached hydrogens (tertiary/aromatic N) is 3. The van der Waals surface area contributed by atoms with Crippen molar-refractivity contribution >= 4 is 35.8 Å². The van der Waals surface area contributed by atoms with E-state index >= 15 is 0 Å². The molecule has 0 saturated carbocycles. The lowest BCUT2D eigenvalue weighted by Crippen LogP contribution is -2.39. The molecule has 0 spiro atoms. The quantitative estimate of drug-likeness (QED) is 0.263. The van der Waals surface area contributed by atoms with Crippen LogP contribution in [0, 0.1) is 0 Å². The van der Waals surface area contributed by atoms with Crippen molar-refractivity contribution in [3.63, 3.8) is 0 Å². The predicted octanol–water partition coefficient (Wildman–Crippen LogP) is 2.86. The first-order valence-electron chi connectivity index (χ1n) is 9.04. The van der Waals surface area contributed by atoms with Gasteiger partial charge in [0.05, 0.1) is 6.54 Å². The molecular weight excluding hydrogens is 453 g/mol. The third-order valence-corrected chi connectivity index (χ3v) is 4.06. The molecule has 0 aliphatic rings. The van der Waals surface area contributed by atoms with Crippen molar-refractivity contribution < 1.29 is 4.79 Å². The summed E-state index contributed by atoms with van der Waals surface area (Å²) in [5.74, 6) is 0.838. The van der Waals surface area contributed by atoms with Gasteiger partial charge in [0.2, 0.25) is 0 Å². The summed E-state index contributed by atoms with van der Waals surface area (Å²) in [6, 6.07) is 13.4. The zero-order chi connectivity index (χ0) is 18.8. The highest BCUT2D eigenvalue weighted by Gasteiger charge is 2.08. The maximum absolute atomic E-state index is 12.0. The molecule has 0 fully saturated rings. The van der Waals surface area contributed by atoms with E-state index in [9.17, 15) is 4.79 Å². The summed E-state index contributed by atoms with van der Waals surface area (Å²) in [7, 11) is 4.08. The minimum atomic E-state index is -0.0395. The van der Waals surface area contributed by atoms with Crippen LogP contribution in [0.15, 0.2) is 53.7 Å². The van der Waals surface area contributed by atoms with Crippen molar-refractivity contribution in [3.05, 3.63) is 59.9 Å². The molecule has 7 heteroatoms. The van der Waals surface area contributed by atoms with Crippen LogP contribution in [0.25, 0.3) is 0 Å². The molecule has 2 N–H and O–H groups in total. The van der Waals surface area contributed by atoms with E-state index in [2.05, 4.69) is 38.1 Å². The summed E-state index contributed by atoms with van der Waals surface area (Å²) in [5, 5.41) is 6.25. The first kappa shape index (κ1) is 23.0. The molecular formula is C20H30IN5O. The van der Waals surface area contributed by atoms with Gasteiger partial charge in [-0.05, 0) is 37.6 Å². The minimum Gasteiger partial charge on any atom is -0.357 e. The van der Waals surface area contributed by atoms with Gasteiger partial charge in [-0.15, -0.1) is 24.0 Å². The Balaban J connectivity index is 0.00000364. The number of aliphatic imine (C=N–C) groups is 1. The van der Waals surface area contributed by atoms with Gasteiger partial charge in [-0.3, -0.25) is 9.79 Å². The first-order chi connectivity index (χ1) is 12.6. The van der Waals surface area contributed by atoms with Gasteiger partial charge in [0, 0.05) is 51.2 Å². The van der Waals surface area contributed by atoms with Crippen LogP contribution in [-0.2, 0) is 13.6 Å². The van der Waals surface area contributed by atoms with E-state index in [1.807, 2.05) is 56.7 Å². The average molecular weight is 483 g/mol. The molecule has 2 aromatic rings. The van der Waals surface area contributed by atoms with Crippen LogP contribution >= 0.6 is 24.0 Å². The Labute approximate surface area is 179 Å². The van der Waals surface area contributed by atoms with Gasteiger partial charge in [-0.2, -0.15) is 0 Å². The Morgan fingerprint density at radius 2 is 1.89 bits per heavy atom. The van der Waals surface area contributed by atoms with Crippen molar-refractivity contribution in [1.29, 1.82) is 0 Å². The smallest absolute Gasteiger partial charge is 0.251 e. The summed E-state index contributed by atoms with van der Waals surface area (Å²) in [5.41, 5.74) is 1.92. The number of carbonyl (C=O) groups excluding carboxylic acids is 1. The Hall–Kier alpha value is -2.03. The normalized spacial score (nSPS) is 10.9. The van der Waals surface area contributed by atoms with Crippen LogP contribution in [0.5, 0.6) is 0 Å². The molecule has 6 nitrogen and oxygen atoms in total. The van der Waals surface area contributed by atoms with Crippen LogP contribution in [0.4, 0.5) is 0 Å². The fourth-order valence-electron chi connectivity index (χ4n) is 2.61. The maximum atomic E-state index is 12.0. The SMILES string of the molecule is CCNC(=NCCCNC(=O)c1ccccc1)N(C)Cc1cccn1C.I. The van der Waals surface area contributed by atoms with Crippen LogP contribution in [0.1, 0.15) is 29.4 Å². The summed E-state index contributed by atoms with van der Waals surface area (Å²) >= 11 is 0. The topological polar surface area (TPSA) is 61.7 Å². The molecule has 0 saturated heterocycles. The predicted molar refractivity (Wildman–Crippen MR) is 122 cm³/mol. The van der Waals surface area contributed by atoms with E-state index in [1.165, 1.54) is 5.69 Å². The molecule has 1 aromatic carbocycles. The van der Waals surface area contributed by atoms with E-state index in [0.717, 1.165) is 25.5 Å². The second-order valence-corrected chi connectivity index (χ2v) is 6.18. The molecule has 27 heavy (non-hydrogen) atoms. The van der Waals surface area contributed by atoms with E-state index < -0.39 is 0 Å². The van der Waals surface area contributed by atoms with Gasteiger partial charge in [0.1, 0.15) is 0 Å². The van der Waals surface area contributed by atoms with Crippen LogP contribution in [-0.4, -0.2) is 48.0 Å². The number of rotatable bonds is 8. The van der Waals surface area contributed by atoms with Crippen molar-refractivity contribution in [2.45, 2.75) is 19.9 Å². The first-order valence-corrected chi connectivity index (χ1v) is 9.04. The highest BCUT2D eigenvalue weighted by atomic mass is 127. The molecule has 2 rings (SSSR count). The lowest BCUT2D eigenvalue weighted by molar-refractivity contribution is 0.0953. The van der Waals surface area contributed by atoms with Crippen molar-refractivity contribution in [3.8, 4) is 0 Å². The number of benzene rings is 1. The fourth-order valence-corrected chi connectivity index (χ4v) is 2.61. The number of halogens is 1. The molecule has 1 aromatic heterocycles. The van der Waals surface area contributed by atoms with Crippen molar-refractivity contribution in [2.75, 3.05) is 26.7 Å². The lowest BCUT2D eigenvalue weighted by atomic mass is 10.2. The second kappa shape index (κ2) is 12.4. The zero-order valence-electron chi connectivity index (χ0n) is 16.3. The molecule has 0 unspecified atom stereocenters. The van der Waals surface area contributed by atoms with Gasteiger partial charge in [-0.1, -0.05) is 18.2 Å². The maximum Gasteiger partial charge on any atom is 0.251 e. The minimum absolute atomic E-state index is 0. The largest absolute Gasteiger partial charge is 0.357 e. The fraction of sp³-hybridized carbons (Fsp3) is 0.400. The summed E-state index contributed by atoms with van der Waals surface area (Å²) < 4.78 is 2.11. The monoisotopic (exact) mass is 483 g/mol. The zero-order valence-corrected chi connectivity index (χ0v) is 18.6. The number of carbonyl (C=O) groups is 1. The molecule has 0 atom stereocenters. The number of amides is 1. The van der Waals surface area contributed by atoms with E-state index in [4.69, 9.17) is 0 Å². The number of hydrogen-bond acceptors (Lipinski definition) is 2. The third kappa shape index (κ3) is 7.62. The number of aromatic nitrogens is 1. The Bertz CT molecular complexity index is 714. The van der Waals surface area contributed by atoms with Gasteiger partial charge in [-0.25, -0.2) is 0 Å². The number of aryl methyl sites for hydroxylation is 1. The number of nitrogens with one attached hydrogen (secondary N) is 2. The van der Waals surface area contributed by atoms with Gasteiger partial charge in [0.25, 0.3) is 5.91 Å². The second-order valence-electron chi connectivity index (χ2n) is 6.18. The highest BCUT2D eigenvalue weighted by molar-refractivity contribution is 14.0. The van der Waals surface area contributed by atoms with E-state index in [-0.39, 0.29) is 29.9 Å². The lowest BCUT2D eigenvalue weighted by Gasteiger charge is -2.22. The molecule has 0 aliphatic heterocycles. The van der Waals surface area contributed by atoms with Gasteiger partial charge in [0.15, 0.2) is 5.96 Å². The average Bonchev–Trinajstić information content (AvgIpc) is 3.05. The molecule has 148 valence electrons. The molecule has 1 amide bonds. The molecule has 0 bridgehead atoms. The van der Waals surface area contributed by atoms with E-state index in [1.54, 1.807) is 0 Å². The van der Waals surface area contributed by atoms with Crippen molar-refractivity contribution in [2.24, 2.45) is 12.0 Å².